The van der Waals surface area contributed by atoms with E-state index >= 15 is 0 Å². The molecule has 0 aliphatic heterocycles. The van der Waals surface area contributed by atoms with E-state index in [0.29, 0.717) is 6.04 Å². The van der Waals surface area contributed by atoms with Crippen molar-refractivity contribution in [3.05, 3.63) is 70.4 Å². The van der Waals surface area contributed by atoms with Gasteiger partial charge in [0.25, 0.3) is 0 Å². The number of aromatic nitrogens is 1. The standard InChI is InChI=1S/C20H23ClN2.ClH/c1-14(2)22-12-18-15(3)23(20-11-7-5-9-17(18)20)13-16-8-4-6-10-19(16)21;/h4-11,14,22H,12-13H2,1-3H3;1H. The maximum atomic E-state index is 6.36. The summed E-state index contributed by atoms with van der Waals surface area (Å²) in [7, 11) is 0. The SMILES string of the molecule is Cc1c(CNC(C)C)c2ccccc2n1Cc1ccccc1Cl.Cl. The number of hydrogen-bond donors (Lipinski definition) is 1. The number of nitrogens with one attached hydrogen (secondary N) is 1. The zero-order valence-corrected chi connectivity index (χ0v) is 15.9. The van der Waals surface area contributed by atoms with Crippen LogP contribution in [0.5, 0.6) is 0 Å². The second-order valence-corrected chi connectivity index (χ2v) is 6.70. The lowest BCUT2D eigenvalue weighted by Gasteiger charge is -2.11. The molecular weight excluding hydrogens is 339 g/mol. The van der Waals surface area contributed by atoms with Gasteiger partial charge in [-0.2, -0.15) is 0 Å². The molecule has 0 fully saturated rings. The van der Waals surface area contributed by atoms with Crippen LogP contribution in [0, 0.1) is 6.92 Å². The zero-order chi connectivity index (χ0) is 16.4. The highest BCUT2D eigenvalue weighted by molar-refractivity contribution is 6.31. The smallest absolute Gasteiger partial charge is 0.0493 e. The van der Waals surface area contributed by atoms with E-state index in [2.05, 4.69) is 61.0 Å². The molecular formula is C20H24Cl2N2. The van der Waals surface area contributed by atoms with Crippen molar-refractivity contribution in [3.8, 4) is 0 Å². The summed E-state index contributed by atoms with van der Waals surface area (Å²) in [6.45, 7) is 8.25. The second-order valence-electron chi connectivity index (χ2n) is 6.29. The van der Waals surface area contributed by atoms with Gasteiger partial charge in [0.05, 0.1) is 0 Å². The first-order valence-electron chi connectivity index (χ1n) is 8.11. The normalized spacial score (nSPS) is 11.0. The summed E-state index contributed by atoms with van der Waals surface area (Å²) >= 11 is 6.36. The molecule has 0 radical (unpaired) electrons. The lowest BCUT2D eigenvalue weighted by Crippen LogP contribution is -2.22. The Morgan fingerprint density at radius 2 is 1.71 bits per heavy atom. The summed E-state index contributed by atoms with van der Waals surface area (Å²) in [5.74, 6) is 0. The van der Waals surface area contributed by atoms with Crippen LogP contribution in [0.4, 0.5) is 0 Å². The molecule has 1 heterocycles. The summed E-state index contributed by atoms with van der Waals surface area (Å²) in [6.07, 6.45) is 0. The number of fused-ring (bicyclic) bond motifs is 1. The topological polar surface area (TPSA) is 17.0 Å². The lowest BCUT2D eigenvalue weighted by molar-refractivity contribution is 0.587. The molecule has 0 saturated carbocycles. The van der Waals surface area contributed by atoms with Gasteiger partial charge in [0.1, 0.15) is 0 Å². The maximum absolute atomic E-state index is 6.36. The Balaban J connectivity index is 0.00000208. The van der Waals surface area contributed by atoms with Crippen LogP contribution in [0.1, 0.15) is 30.7 Å². The van der Waals surface area contributed by atoms with Crippen LogP contribution in [-0.2, 0) is 13.1 Å². The van der Waals surface area contributed by atoms with Gasteiger partial charge in [0, 0.05) is 40.8 Å². The summed E-state index contributed by atoms with van der Waals surface area (Å²) < 4.78 is 2.37. The molecule has 2 aromatic carbocycles. The predicted octanol–water partition coefficient (Wildman–Crippen LogP) is 5.57. The number of hydrogen-bond acceptors (Lipinski definition) is 1. The third-order valence-corrected chi connectivity index (χ3v) is 4.70. The molecule has 0 saturated heterocycles. The highest BCUT2D eigenvalue weighted by atomic mass is 35.5. The quantitative estimate of drug-likeness (QED) is 0.627. The molecule has 3 aromatic rings. The van der Waals surface area contributed by atoms with Crippen LogP contribution >= 0.6 is 24.0 Å². The maximum Gasteiger partial charge on any atom is 0.0493 e. The van der Waals surface area contributed by atoms with E-state index in [4.69, 9.17) is 11.6 Å². The van der Waals surface area contributed by atoms with Crippen LogP contribution in [-0.4, -0.2) is 10.6 Å². The first kappa shape index (κ1) is 18.9. The number of halogens is 2. The number of para-hydroxylation sites is 1. The Kier molecular flexibility index (Phi) is 6.34. The van der Waals surface area contributed by atoms with Crippen LogP contribution in [0.15, 0.2) is 48.5 Å². The van der Waals surface area contributed by atoms with Gasteiger partial charge in [-0.15, -0.1) is 12.4 Å². The Labute approximate surface area is 155 Å². The lowest BCUT2D eigenvalue weighted by atomic mass is 10.1. The fourth-order valence-electron chi connectivity index (χ4n) is 3.03. The molecule has 0 amide bonds. The summed E-state index contributed by atoms with van der Waals surface area (Å²) in [5, 5.41) is 5.69. The molecule has 0 aliphatic rings. The van der Waals surface area contributed by atoms with Gasteiger partial charge in [0.15, 0.2) is 0 Å². The number of rotatable bonds is 5. The zero-order valence-electron chi connectivity index (χ0n) is 14.3. The summed E-state index contributed by atoms with van der Waals surface area (Å²) in [5.41, 5.74) is 5.10. The minimum Gasteiger partial charge on any atom is -0.340 e. The number of benzene rings is 2. The van der Waals surface area contributed by atoms with Crippen molar-refractivity contribution in [2.75, 3.05) is 0 Å². The van der Waals surface area contributed by atoms with Crippen LogP contribution in [0.25, 0.3) is 10.9 Å². The molecule has 0 aliphatic carbocycles. The van der Waals surface area contributed by atoms with Gasteiger partial charge in [-0.3, -0.25) is 0 Å². The molecule has 0 atom stereocenters. The van der Waals surface area contributed by atoms with Crippen molar-refractivity contribution in [2.45, 2.75) is 39.9 Å². The number of nitrogens with zero attached hydrogens (tertiary/aromatic N) is 1. The molecule has 0 spiro atoms. The van der Waals surface area contributed by atoms with Crippen LogP contribution in [0.3, 0.4) is 0 Å². The van der Waals surface area contributed by atoms with Crippen molar-refractivity contribution in [1.29, 1.82) is 0 Å². The average molecular weight is 363 g/mol. The van der Waals surface area contributed by atoms with E-state index in [0.717, 1.165) is 23.7 Å². The molecule has 0 bridgehead atoms. The van der Waals surface area contributed by atoms with E-state index in [-0.39, 0.29) is 12.4 Å². The Morgan fingerprint density at radius 3 is 2.42 bits per heavy atom. The van der Waals surface area contributed by atoms with Gasteiger partial charge < -0.3 is 9.88 Å². The van der Waals surface area contributed by atoms with Gasteiger partial charge in [-0.1, -0.05) is 61.8 Å². The predicted molar refractivity (Wildman–Crippen MR) is 106 cm³/mol. The van der Waals surface area contributed by atoms with Crippen molar-refractivity contribution < 1.29 is 0 Å². The Morgan fingerprint density at radius 1 is 1.04 bits per heavy atom. The largest absolute Gasteiger partial charge is 0.340 e. The molecule has 4 heteroatoms. The van der Waals surface area contributed by atoms with Crippen molar-refractivity contribution >= 4 is 34.9 Å². The van der Waals surface area contributed by atoms with Crippen LogP contribution < -0.4 is 5.32 Å². The highest BCUT2D eigenvalue weighted by Gasteiger charge is 2.14. The third-order valence-electron chi connectivity index (χ3n) is 4.33. The average Bonchev–Trinajstić information content (AvgIpc) is 2.80. The first-order chi connectivity index (χ1) is 11.1. The van der Waals surface area contributed by atoms with Crippen molar-refractivity contribution in [2.24, 2.45) is 0 Å². The van der Waals surface area contributed by atoms with Gasteiger partial charge in [-0.05, 0) is 30.2 Å². The van der Waals surface area contributed by atoms with Crippen molar-refractivity contribution in [3.63, 3.8) is 0 Å². The van der Waals surface area contributed by atoms with E-state index < -0.39 is 0 Å². The molecule has 3 rings (SSSR count). The third kappa shape index (κ3) is 3.77. The van der Waals surface area contributed by atoms with E-state index in [9.17, 15) is 0 Å². The molecule has 24 heavy (non-hydrogen) atoms. The van der Waals surface area contributed by atoms with E-state index in [1.54, 1.807) is 0 Å². The van der Waals surface area contributed by atoms with Gasteiger partial charge in [-0.25, -0.2) is 0 Å². The molecule has 1 N–H and O–H groups in total. The second kappa shape index (κ2) is 8.06. The van der Waals surface area contributed by atoms with Crippen LogP contribution in [0.2, 0.25) is 5.02 Å². The van der Waals surface area contributed by atoms with E-state index in [1.807, 2.05) is 18.2 Å². The molecule has 2 nitrogen and oxygen atoms in total. The van der Waals surface area contributed by atoms with Gasteiger partial charge in [0.2, 0.25) is 0 Å². The van der Waals surface area contributed by atoms with Crippen molar-refractivity contribution in [1.82, 2.24) is 9.88 Å². The highest BCUT2D eigenvalue weighted by Crippen LogP contribution is 2.28. The minimum absolute atomic E-state index is 0. The monoisotopic (exact) mass is 362 g/mol. The molecule has 128 valence electrons. The molecule has 1 aromatic heterocycles. The minimum atomic E-state index is 0. The Hall–Kier alpha value is -1.48. The summed E-state index contributed by atoms with van der Waals surface area (Å²) in [4.78, 5) is 0. The van der Waals surface area contributed by atoms with Gasteiger partial charge >= 0.3 is 0 Å². The first-order valence-corrected chi connectivity index (χ1v) is 8.49. The fourth-order valence-corrected chi connectivity index (χ4v) is 3.23. The summed E-state index contributed by atoms with van der Waals surface area (Å²) in [6, 6.07) is 17.2. The molecule has 0 unspecified atom stereocenters. The Bertz CT molecular complexity index is 822. The van der Waals surface area contributed by atoms with E-state index in [1.165, 1.54) is 22.2 Å². The fraction of sp³-hybridized carbons (Fsp3) is 0.300.